The summed E-state index contributed by atoms with van der Waals surface area (Å²) in [4.78, 5) is 25.6. The second kappa shape index (κ2) is 12.0. The van der Waals surface area contributed by atoms with Crippen molar-refractivity contribution in [2.24, 2.45) is 11.7 Å². The second-order valence-electron chi connectivity index (χ2n) is 8.58. The van der Waals surface area contributed by atoms with E-state index < -0.39 is 12.0 Å². The third kappa shape index (κ3) is 6.93. The fourth-order valence-corrected chi connectivity index (χ4v) is 4.28. The second-order valence-corrected chi connectivity index (χ2v) is 8.58. The first-order valence-corrected chi connectivity index (χ1v) is 11.4. The van der Waals surface area contributed by atoms with Gasteiger partial charge in [-0.25, -0.2) is 0 Å². The lowest BCUT2D eigenvalue weighted by Gasteiger charge is -2.25. The van der Waals surface area contributed by atoms with Crippen molar-refractivity contribution in [3.63, 3.8) is 0 Å². The number of nitrogens with one attached hydrogen (secondary N) is 2. The van der Waals surface area contributed by atoms with Crippen LogP contribution in [0.1, 0.15) is 61.1 Å². The van der Waals surface area contributed by atoms with Gasteiger partial charge in [0, 0.05) is 13.1 Å². The number of benzene rings is 2. The lowest BCUT2D eigenvalue weighted by atomic mass is 9.85. The molecule has 6 heteroatoms. The van der Waals surface area contributed by atoms with Crippen LogP contribution in [0.25, 0.3) is 0 Å². The molecule has 1 aliphatic rings. The van der Waals surface area contributed by atoms with Crippen LogP contribution in [0, 0.1) is 17.2 Å². The van der Waals surface area contributed by atoms with E-state index >= 15 is 0 Å². The predicted octanol–water partition coefficient (Wildman–Crippen LogP) is 3.37. The summed E-state index contributed by atoms with van der Waals surface area (Å²) in [6, 6.07) is 18.1. The summed E-state index contributed by atoms with van der Waals surface area (Å²) in [5, 5.41) is 14.8. The van der Waals surface area contributed by atoms with Gasteiger partial charge in [-0.05, 0) is 35.6 Å². The molecule has 3 rings (SSSR count). The lowest BCUT2D eigenvalue weighted by Crippen LogP contribution is -2.45. The van der Waals surface area contributed by atoms with E-state index in [0.29, 0.717) is 24.4 Å². The van der Waals surface area contributed by atoms with Crippen molar-refractivity contribution in [2.45, 2.75) is 57.0 Å². The van der Waals surface area contributed by atoms with Crippen molar-refractivity contribution in [1.29, 1.82) is 5.26 Å². The average molecular weight is 433 g/mol. The molecule has 4 N–H and O–H groups in total. The SMILES string of the molecule is N#Cc1ccc(CNC(=O)[C@@H](CNC(=O)[C@H](N)CC2CCCCC2)c2ccccc2)cc1. The summed E-state index contributed by atoms with van der Waals surface area (Å²) in [5.74, 6) is -0.358. The largest absolute Gasteiger partial charge is 0.354 e. The van der Waals surface area contributed by atoms with E-state index in [1.165, 1.54) is 19.3 Å². The highest BCUT2D eigenvalue weighted by Gasteiger charge is 2.25. The Balaban J connectivity index is 1.57. The maximum Gasteiger partial charge on any atom is 0.236 e. The summed E-state index contributed by atoms with van der Waals surface area (Å²) in [7, 11) is 0. The number of carbonyl (C=O) groups excluding carboxylic acids is 2. The standard InChI is InChI=1S/C26H32N4O2/c27-16-20-11-13-21(14-12-20)17-29-25(31)23(22-9-5-2-6-10-22)18-30-26(32)24(28)15-19-7-3-1-4-8-19/h2,5-6,9-14,19,23-24H,1,3-4,7-8,15,17-18,28H2,(H,29,31)(H,30,32)/t23-,24+/m0/s1. The highest BCUT2D eigenvalue weighted by molar-refractivity contribution is 5.86. The monoisotopic (exact) mass is 432 g/mol. The maximum absolute atomic E-state index is 13.0. The molecule has 0 radical (unpaired) electrons. The highest BCUT2D eigenvalue weighted by atomic mass is 16.2. The van der Waals surface area contributed by atoms with Gasteiger partial charge in [0.05, 0.1) is 23.6 Å². The van der Waals surface area contributed by atoms with Crippen LogP contribution in [-0.4, -0.2) is 24.4 Å². The molecule has 1 saturated carbocycles. The van der Waals surface area contributed by atoms with Gasteiger partial charge in [0.2, 0.25) is 11.8 Å². The van der Waals surface area contributed by atoms with Gasteiger partial charge in [0.25, 0.3) is 0 Å². The Bertz CT molecular complexity index is 915. The zero-order valence-electron chi connectivity index (χ0n) is 18.4. The molecule has 0 saturated heterocycles. The molecule has 2 atom stereocenters. The van der Waals surface area contributed by atoms with Gasteiger partial charge < -0.3 is 16.4 Å². The third-order valence-electron chi connectivity index (χ3n) is 6.20. The molecule has 32 heavy (non-hydrogen) atoms. The normalized spacial score (nSPS) is 15.9. The van der Waals surface area contributed by atoms with Crippen LogP contribution in [-0.2, 0) is 16.1 Å². The topological polar surface area (TPSA) is 108 Å². The van der Waals surface area contributed by atoms with Crippen LogP contribution in [0.3, 0.4) is 0 Å². The smallest absolute Gasteiger partial charge is 0.236 e. The zero-order valence-corrected chi connectivity index (χ0v) is 18.4. The minimum Gasteiger partial charge on any atom is -0.354 e. The first-order chi connectivity index (χ1) is 15.6. The molecule has 6 nitrogen and oxygen atoms in total. The number of hydrogen-bond donors (Lipinski definition) is 3. The summed E-state index contributed by atoms with van der Waals surface area (Å²) in [6.45, 7) is 0.545. The van der Waals surface area contributed by atoms with Gasteiger partial charge in [-0.3, -0.25) is 9.59 Å². The molecule has 0 bridgehead atoms. The van der Waals surface area contributed by atoms with Crippen LogP contribution < -0.4 is 16.4 Å². The maximum atomic E-state index is 13.0. The Labute approximate surface area is 190 Å². The van der Waals surface area contributed by atoms with E-state index in [4.69, 9.17) is 11.0 Å². The number of nitriles is 1. The fraction of sp³-hybridized carbons (Fsp3) is 0.423. The lowest BCUT2D eigenvalue weighted by molar-refractivity contribution is -0.124. The summed E-state index contributed by atoms with van der Waals surface area (Å²) < 4.78 is 0. The van der Waals surface area contributed by atoms with Crippen molar-refractivity contribution < 1.29 is 9.59 Å². The molecule has 1 fully saturated rings. The van der Waals surface area contributed by atoms with E-state index in [2.05, 4.69) is 16.7 Å². The molecule has 2 aromatic carbocycles. The Morgan fingerprint density at radius 1 is 0.969 bits per heavy atom. The number of rotatable bonds is 9. The molecule has 2 aromatic rings. The number of amides is 2. The van der Waals surface area contributed by atoms with Crippen molar-refractivity contribution >= 4 is 11.8 Å². The van der Waals surface area contributed by atoms with E-state index in [1.54, 1.807) is 12.1 Å². The summed E-state index contributed by atoms with van der Waals surface area (Å²) >= 11 is 0. The molecular formula is C26H32N4O2. The highest BCUT2D eigenvalue weighted by Crippen LogP contribution is 2.27. The molecule has 0 heterocycles. The van der Waals surface area contributed by atoms with Crippen LogP contribution in [0.5, 0.6) is 0 Å². The predicted molar refractivity (Wildman–Crippen MR) is 124 cm³/mol. The number of hydrogen-bond acceptors (Lipinski definition) is 4. The van der Waals surface area contributed by atoms with Gasteiger partial charge in [0.1, 0.15) is 0 Å². The van der Waals surface area contributed by atoms with Crippen LogP contribution in [0.2, 0.25) is 0 Å². The van der Waals surface area contributed by atoms with Crippen molar-refractivity contribution in [2.75, 3.05) is 6.54 Å². The van der Waals surface area contributed by atoms with E-state index in [0.717, 1.165) is 24.0 Å². The molecule has 2 amide bonds. The molecule has 0 aliphatic heterocycles. The van der Waals surface area contributed by atoms with Crippen molar-refractivity contribution in [3.05, 3.63) is 71.3 Å². The summed E-state index contributed by atoms with van der Waals surface area (Å²) in [6.07, 6.45) is 6.70. The van der Waals surface area contributed by atoms with Gasteiger partial charge in [-0.15, -0.1) is 0 Å². The third-order valence-corrected chi connectivity index (χ3v) is 6.20. The molecule has 0 unspecified atom stereocenters. The van der Waals surface area contributed by atoms with E-state index in [1.807, 2.05) is 42.5 Å². The van der Waals surface area contributed by atoms with Gasteiger partial charge in [-0.2, -0.15) is 5.26 Å². The molecule has 0 spiro atoms. The van der Waals surface area contributed by atoms with E-state index in [9.17, 15) is 9.59 Å². The molecular weight excluding hydrogens is 400 g/mol. The average Bonchev–Trinajstić information content (AvgIpc) is 2.84. The van der Waals surface area contributed by atoms with Gasteiger partial charge in [-0.1, -0.05) is 74.6 Å². The van der Waals surface area contributed by atoms with Crippen LogP contribution in [0.15, 0.2) is 54.6 Å². The van der Waals surface area contributed by atoms with E-state index in [-0.39, 0.29) is 18.4 Å². The molecule has 168 valence electrons. The van der Waals surface area contributed by atoms with Crippen molar-refractivity contribution in [1.82, 2.24) is 10.6 Å². The van der Waals surface area contributed by atoms with Gasteiger partial charge in [0.15, 0.2) is 0 Å². The zero-order chi connectivity index (χ0) is 22.8. The fourth-order valence-electron chi connectivity index (χ4n) is 4.28. The van der Waals surface area contributed by atoms with Crippen molar-refractivity contribution in [3.8, 4) is 6.07 Å². The Morgan fingerprint density at radius 3 is 2.31 bits per heavy atom. The van der Waals surface area contributed by atoms with Crippen LogP contribution >= 0.6 is 0 Å². The summed E-state index contributed by atoms with van der Waals surface area (Å²) in [5.41, 5.74) is 8.49. The first-order valence-electron chi connectivity index (χ1n) is 11.4. The number of nitrogens with zero attached hydrogens (tertiary/aromatic N) is 1. The Morgan fingerprint density at radius 2 is 1.66 bits per heavy atom. The Kier molecular flexibility index (Phi) is 8.82. The minimum absolute atomic E-state index is 0.165. The minimum atomic E-state index is -0.545. The van der Waals surface area contributed by atoms with Crippen LogP contribution in [0.4, 0.5) is 0 Å². The quantitative estimate of drug-likeness (QED) is 0.564. The molecule has 0 aromatic heterocycles. The first kappa shape index (κ1) is 23.5. The Hall–Kier alpha value is -3.17. The van der Waals surface area contributed by atoms with Gasteiger partial charge >= 0.3 is 0 Å². The molecule has 1 aliphatic carbocycles. The number of nitrogens with two attached hydrogens (primary N) is 1. The number of carbonyl (C=O) groups is 2.